The Labute approximate surface area is 98.6 Å². The molecule has 1 aliphatic heterocycles. The van der Waals surface area contributed by atoms with Gasteiger partial charge in [0.25, 0.3) is 0 Å². The van der Waals surface area contributed by atoms with Crippen molar-refractivity contribution in [3.8, 4) is 0 Å². The van der Waals surface area contributed by atoms with Crippen LogP contribution >= 0.6 is 0 Å². The van der Waals surface area contributed by atoms with Crippen LogP contribution in [0.5, 0.6) is 0 Å². The predicted molar refractivity (Wildman–Crippen MR) is 55.2 cm³/mol. The number of hydrogen-bond donors (Lipinski definition) is 0. The first kappa shape index (κ1) is 13.4. The number of amides is 2. The zero-order valence-corrected chi connectivity index (χ0v) is 10.0. The Kier molecular flexibility index (Phi) is 4.06. The standard InChI is InChI=1S/C10H15NO6/c1-10(6-7(12)4-5-17-10)11(8(13)15-2)9(14)16-3/h4-6H2,1-3H3. The highest BCUT2D eigenvalue weighted by Gasteiger charge is 2.46. The van der Waals surface area contributed by atoms with Crippen molar-refractivity contribution in [1.82, 2.24) is 4.90 Å². The first-order chi connectivity index (χ1) is 7.94. The minimum Gasteiger partial charge on any atom is -0.452 e. The molecule has 0 spiro atoms. The zero-order valence-electron chi connectivity index (χ0n) is 10.0. The molecular weight excluding hydrogens is 230 g/mol. The van der Waals surface area contributed by atoms with Crippen LogP contribution in [0.15, 0.2) is 0 Å². The zero-order chi connectivity index (χ0) is 13.1. The van der Waals surface area contributed by atoms with E-state index in [1.807, 2.05) is 0 Å². The number of methoxy groups -OCH3 is 2. The molecule has 1 unspecified atom stereocenters. The summed E-state index contributed by atoms with van der Waals surface area (Å²) >= 11 is 0. The summed E-state index contributed by atoms with van der Waals surface area (Å²) in [6.45, 7) is 1.62. The van der Waals surface area contributed by atoms with E-state index in [0.29, 0.717) is 4.90 Å². The van der Waals surface area contributed by atoms with Gasteiger partial charge in [0.2, 0.25) is 0 Å². The molecule has 1 saturated heterocycles. The van der Waals surface area contributed by atoms with Gasteiger partial charge in [-0.25, -0.2) is 9.59 Å². The van der Waals surface area contributed by atoms with Gasteiger partial charge in [0.15, 0.2) is 5.72 Å². The molecule has 0 bridgehead atoms. The smallest absolute Gasteiger partial charge is 0.421 e. The highest BCUT2D eigenvalue weighted by atomic mass is 16.6. The molecule has 7 heteroatoms. The van der Waals surface area contributed by atoms with Gasteiger partial charge in [-0.2, -0.15) is 4.90 Å². The second-order valence-electron chi connectivity index (χ2n) is 3.76. The van der Waals surface area contributed by atoms with E-state index < -0.39 is 17.9 Å². The van der Waals surface area contributed by atoms with E-state index >= 15 is 0 Å². The topological polar surface area (TPSA) is 82.1 Å². The van der Waals surface area contributed by atoms with Crippen LogP contribution in [-0.2, 0) is 19.0 Å². The molecular formula is C10H15NO6. The van der Waals surface area contributed by atoms with Crippen molar-refractivity contribution >= 4 is 18.0 Å². The van der Waals surface area contributed by atoms with Crippen molar-refractivity contribution < 1.29 is 28.6 Å². The van der Waals surface area contributed by atoms with Crippen LogP contribution in [0.25, 0.3) is 0 Å². The molecule has 0 aromatic rings. The first-order valence-corrected chi connectivity index (χ1v) is 5.06. The van der Waals surface area contributed by atoms with E-state index in [1.165, 1.54) is 6.92 Å². The van der Waals surface area contributed by atoms with Gasteiger partial charge in [-0.3, -0.25) is 4.79 Å². The fourth-order valence-electron chi connectivity index (χ4n) is 1.68. The summed E-state index contributed by atoms with van der Waals surface area (Å²) in [5.41, 5.74) is -1.35. The molecule has 0 aromatic heterocycles. The van der Waals surface area contributed by atoms with Crippen molar-refractivity contribution in [3.05, 3.63) is 0 Å². The highest BCUT2D eigenvalue weighted by molar-refractivity contribution is 5.90. The highest BCUT2D eigenvalue weighted by Crippen LogP contribution is 2.27. The van der Waals surface area contributed by atoms with E-state index in [0.717, 1.165) is 14.2 Å². The summed E-state index contributed by atoms with van der Waals surface area (Å²) in [4.78, 5) is 35.1. The fourth-order valence-corrected chi connectivity index (χ4v) is 1.68. The van der Waals surface area contributed by atoms with E-state index in [4.69, 9.17) is 4.74 Å². The van der Waals surface area contributed by atoms with E-state index in [-0.39, 0.29) is 25.2 Å². The second kappa shape index (κ2) is 5.13. The molecule has 2 amide bonds. The first-order valence-electron chi connectivity index (χ1n) is 5.06. The lowest BCUT2D eigenvalue weighted by Gasteiger charge is -2.39. The van der Waals surface area contributed by atoms with Gasteiger partial charge in [-0.05, 0) is 6.92 Å². The van der Waals surface area contributed by atoms with Crippen molar-refractivity contribution in [3.63, 3.8) is 0 Å². The van der Waals surface area contributed by atoms with Crippen molar-refractivity contribution in [2.45, 2.75) is 25.5 Å². The Hall–Kier alpha value is -1.63. The molecule has 0 aromatic carbocycles. The summed E-state index contributed by atoms with van der Waals surface area (Å²) in [6.07, 6.45) is -1.65. The van der Waals surface area contributed by atoms with Gasteiger partial charge < -0.3 is 14.2 Å². The lowest BCUT2D eigenvalue weighted by Crippen LogP contribution is -2.57. The quantitative estimate of drug-likeness (QED) is 0.683. The number of Topliss-reactive ketones (excluding diaryl/α,β-unsaturated/α-hetero) is 1. The minimum atomic E-state index is -1.35. The van der Waals surface area contributed by atoms with Gasteiger partial charge in [0, 0.05) is 6.42 Å². The number of rotatable bonds is 1. The lowest BCUT2D eigenvalue weighted by molar-refractivity contribution is -0.160. The fraction of sp³-hybridized carbons (Fsp3) is 0.700. The maximum Gasteiger partial charge on any atom is 0.421 e. The molecule has 1 aliphatic rings. The van der Waals surface area contributed by atoms with Gasteiger partial charge in [-0.1, -0.05) is 0 Å². The van der Waals surface area contributed by atoms with Crippen LogP contribution in [-0.4, -0.2) is 49.4 Å². The molecule has 0 N–H and O–H groups in total. The molecule has 0 saturated carbocycles. The normalized spacial score (nSPS) is 24.1. The van der Waals surface area contributed by atoms with Crippen LogP contribution in [0.2, 0.25) is 0 Å². The lowest BCUT2D eigenvalue weighted by atomic mass is 10.0. The van der Waals surface area contributed by atoms with Crippen molar-refractivity contribution in [1.29, 1.82) is 0 Å². The summed E-state index contributed by atoms with van der Waals surface area (Å²) in [7, 11) is 2.26. The summed E-state index contributed by atoms with van der Waals surface area (Å²) in [6, 6.07) is 0. The summed E-state index contributed by atoms with van der Waals surface area (Å²) in [5, 5.41) is 0. The Morgan fingerprint density at radius 1 is 1.29 bits per heavy atom. The van der Waals surface area contributed by atoms with Crippen LogP contribution in [0.1, 0.15) is 19.8 Å². The van der Waals surface area contributed by atoms with Gasteiger partial charge in [0.05, 0.1) is 27.2 Å². The Balaban J connectivity index is 2.99. The molecule has 1 fully saturated rings. The Morgan fingerprint density at radius 2 is 1.82 bits per heavy atom. The second-order valence-corrected chi connectivity index (χ2v) is 3.76. The largest absolute Gasteiger partial charge is 0.452 e. The average molecular weight is 245 g/mol. The Morgan fingerprint density at radius 3 is 2.24 bits per heavy atom. The third-order valence-corrected chi connectivity index (χ3v) is 2.51. The molecule has 1 atom stereocenters. The van der Waals surface area contributed by atoms with Gasteiger partial charge in [0.1, 0.15) is 5.78 Å². The average Bonchev–Trinajstić information content (AvgIpc) is 2.28. The van der Waals surface area contributed by atoms with Crippen LogP contribution in [0.3, 0.4) is 0 Å². The molecule has 0 aliphatic carbocycles. The van der Waals surface area contributed by atoms with Gasteiger partial charge >= 0.3 is 12.2 Å². The minimum absolute atomic E-state index is 0.0722. The maximum absolute atomic E-state index is 11.5. The van der Waals surface area contributed by atoms with E-state index in [9.17, 15) is 14.4 Å². The van der Waals surface area contributed by atoms with Crippen LogP contribution in [0.4, 0.5) is 9.59 Å². The number of nitrogens with zero attached hydrogens (tertiary/aromatic N) is 1. The number of ketones is 1. The molecule has 0 radical (unpaired) electrons. The maximum atomic E-state index is 11.5. The van der Waals surface area contributed by atoms with Crippen molar-refractivity contribution in [2.75, 3.05) is 20.8 Å². The summed E-state index contributed by atoms with van der Waals surface area (Å²) in [5.74, 6) is -0.0865. The SMILES string of the molecule is COC(=O)N(C(=O)OC)C1(C)CC(=O)CCO1. The molecule has 7 nitrogen and oxygen atoms in total. The van der Waals surface area contributed by atoms with Crippen LogP contribution in [0, 0.1) is 0 Å². The third-order valence-electron chi connectivity index (χ3n) is 2.51. The Bertz CT molecular complexity index is 326. The van der Waals surface area contributed by atoms with E-state index in [2.05, 4.69) is 9.47 Å². The number of imide groups is 1. The molecule has 17 heavy (non-hydrogen) atoms. The third kappa shape index (κ3) is 2.73. The number of hydrogen-bond acceptors (Lipinski definition) is 6. The van der Waals surface area contributed by atoms with Crippen molar-refractivity contribution in [2.24, 2.45) is 0 Å². The molecule has 96 valence electrons. The number of carbonyl (C=O) groups excluding carboxylic acids is 3. The molecule has 1 heterocycles. The predicted octanol–water partition coefficient (Wildman–Crippen LogP) is 0.917. The number of ether oxygens (including phenoxy) is 3. The summed E-state index contributed by atoms with van der Waals surface area (Å²) < 4.78 is 14.3. The van der Waals surface area contributed by atoms with Gasteiger partial charge in [-0.15, -0.1) is 0 Å². The molecule has 1 rings (SSSR count). The monoisotopic (exact) mass is 245 g/mol. The van der Waals surface area contributed by atoms with E-state index in [1.54, 1.807) is 0 Å². The van der Waals surface area contributed by atoms with Crippen LogP contribution < -0.4 is 0 Å². The number of carbonyl (C=O) groups is 3.